The first-order valence-corrected chi connectivity index (χ1v) is 9.62. The van der Waals surface area contributed by atoms with Crippen LogP contribution in [0.5, 0.6) is 0 Å². The summed E-state index contributed by atoms with van der Waals surface area (Å²) in [5.41, 5.74) is 2.58. The van der Waals surface area contributed by atoms with Gasteiger partial charge in [-0.05, 0) is 54.0 Å². The van der Waals surface area contributed by atoms with Crippen molar-refractivity contribution in [3.8, 4) is 0 Å². The smallest absolute Gasteiger partial charge is 0.0439 e. The normalized spacial score (nSPS) is 9.92. The number of benzene rings is 2. The molecule has 24 heavy (non-hydrogen) atoms. The van der Waals surface area contributed by atoms with E-state index in [9.17, 15) is 0 Å². The maximum Gasteiger partial charge on any atom is 0.0439 e. The van der Waals surface area contributed by atoms with Gasteiger partial charge in [-0.2, -0.15) is 0 Å². The highest BCUT2D eigenvalue weighted by atomic mass is 35.5. The molecule has 0 nitrogen and oxygen atoms in total. The van der Waals surface area contributed by atoms with E-state index in [1.807, 2.05) is 32.0 Å². The number of hydrogen-bond donors (Lipinski definition) is 0. The van der Waals surface area contributed by atoms with Gasteiger partial charge in [0.2, 0.25) is 0 Å². The second-order valence-electron chi connectivity index (χ2n) is 6.42. The number of halogens is 2. The molecule has 134 valence electrons. The Morgan fingerprint density at radius 1 is 0.750 bits per heavy atom. The third kappa shape index (κ3) is 10.7. The molecule has 2 aromatic carbocycles. The Labute approximate surface area is 159 Å². The first kappa shape index (κ1) is 23.0. The minimum absolute atomic E-state index is 0.612. The maximum atomic E-state index is 5.98. The van der Waals surface area contributed by atoms with Crippen molar-refractivity contribution in [2.24, 2.45) is 11.8 Å². The van der Waals surface area contributed by atoms with Crippen LogP contribution in [0.4, 0.5) is 0 Å². The van der Waals surface area contributed by atoms with Crippen molar-refractivity contribution in [3.63, 3.8) is 0 Å². The SMILES string of the molecule is CC.CC(C)Cc1cc(Cl)ccc1Cl.CC(C)Cc1ccccc1. The Bertz CT molecular complexity index is 545. The monoisotopic (exact) mass is 366 g/mol. The Morgan fingerprint density at radius 3 is 1.79 bits per heavy atom. The molecule has 0 unspecified atom stereocenters. The van der Waals surface area contributed by atoms with Crippen LogP contribution in [-0.2, 0) is 12.8 Å². The van der Waals surface area contributed by atoms with Crippen LogP contribution < -0.4 is 0 Å². The summed E-state index contributed by atoms with van der Waals surface area (Å²) >= 11 is 11.8. The highest BCUT2D eigenvalue weighted by Gasteiger charge is 2.03. The highest BCUT2D eigenvalue weighted by Crippen LogP contribution is 2.22. The largest absolute Gasteiger partial charge is 0.0843 e. The lowest BCUT2D eigenvalue weighted by Gasteiger charge is -2.06. The van der Waals surface area contributed by atoms with Crippen molar-refractivity contribution >= 4 is 23.2 Å². The standard InChI is InChI=1S/C10H12Cl2.C10H14.C2H6/c1-7(2)5-8-6-9(11)3-4-10(8)12;1-9(2)8-10-6-4-3-5-7-10;1-2/h3-4,6-7H,5H2,1-2H3;3-7,9H,8H2,1-2H3;1-2H3. The summed E-state index contributed by atoms with van der Waals surface area (Å²) in [6, 6.07) is 16.2. The van der Waals surface area contributed by atoms with Gasteiger partial charge in [0.1, 0.15) is 0 Å². The Morgan fingerprint density at radius 2 is 1.29 bits per heavy atom. The average Bonchev–Trinajstić information content (AvgIpc) is 2.53. The van der Waals surface area contributed by atoms with Gasteiger partial charge in [-0.3, -0.25) is 0 Å². The van der Waals surface area contributed by atoms with Crippen LogP contribution in [0.25, 0.3) is 0 Å². The van der Waals surface area contributed by atoms with Crippen molar-refractivity contribution in [3.05, 3.63) is 69.7 Å². The molecule has 0 aliphatic heterocycles. The van der Waals surface area contributed by atoms with Gasteiger partial charge >= 0.3 is 0 Å². The molecule has 2 aromatic rings. The van der Waals surface area contributed by atoms with Crippen LogP contribution in [0, 0.1) is 11.8 Å². The maximum absolute atomic E-state index is 5.98. The quantitative estimate of drug-likeness (QED) is 0.512. The van der Waals surface area contributed by atoms with E-state index in [1.54, 1.807) is 0 Å². The van der Waals surface area contributed by atoms with Gasteiger partial charge in [0.15, 0.2) is 0 Å². The molecular weight excluding hydrogens is 335 g/mol. The van der Waals surface area contributed by atoms with E-state index >= 15 is 0 Å². The van der Waals surface area contributed by atoms with Gasteiger partial charge in [0, 0.05) is 10.0 Å². The summed E-state index contributed by atoms with van der Waals surface area (Å²) in [5, 5.41) is 1.57. The van der Waals surface area contributed by atoms with Gasteiger partial charge in [0.25, 0.3) is 0 Å². The van der Waals surface area contributed by atoms with Crippen LogP contribution in [0.15, 0.2) is 48.5 Å². The van der Waals surface area contributed by atoms with Gasteiger partial charge in [0.05, 0.1) is 0 Å². The summed E-state index contributed by atoms with van der Waals surface area (Å²) in [4.78, 5) is 0. The summed E-state index contributed by atoms with van der Waals surface area (Å²) in [6.45, 7) is 12.8. The zero-order valence-electron chi connectivity index (χ0n) is 15.9. The molecule has 2 heteroatoms. The molecule has 0 bridgehead atoms. The molecule has 0 fully saturated rings. The minimum Gasteiger partial charge on any atom is -0.0843 e. The predicted octanol–water partition coefficient (Wildman–Crippen LogP) is 8.10. The molecular formula is C22H32Cl2. The van der Waals surface area contributed by atoms with Crippen LogP contribution >= 0.6 is 23.2 Å². The first-order chi connectivity index (χ1) is 11.4. The van der Waals surface area contributed by atoms with Crippen molar-refractivity contribution < 1.29 is 0 Å². The summed E-state index contributed by atoms with van der Waals surface area (Å²) < 4.78 is 0. The Balaban J connectivity index is 0.000000405. The van der Waals surface area contributed by atoms with E-state index in [-0.39, 0.29) is 0 Å². The van der Waals surface area contributed by atoms with Gasteiger partial charge < -0.3 is 0 Å². The molecule has 0 saturated carbocycles. The van der Waals surface area contributed by atoms with Crippen LogP contribution in [0.1, 0.15) is 52.7 Å². The van der Waals surface area contributed by atoms with E-state index in [0.717, 1.165) is 27.9 Å². The van der Waals surface area contributed by atoms with E-state index < -0.39 is 0 Å². The number of hydrogen-bond acceptors (Lipinski definition) is 0. The van der Waals surface area contributed by atoms with E-state index in [2.05, 4.69) is 58.0 Å². The molecule has 0 saturated heterocycles. The molecule has 0 amide bonds. The van der Waals surface area contributed by atoms with E-state index in [4.69, 9.17) is 23.2 Å². The minimum atomic E-state index is 0.612. The molecule has 0 N–H and O–H groups in total. The molecule has 2 rings (SSSR count). The van der Waals surface area contributed by atoms with Gasteiger partial charge in [-0.15, -0.1) is 0 Å². The predicted molar refractivity (Wildman–Crippen MR) is 111 cm³/mol. The van der Waals surface area contributed by atoms with Crippen LogP contribution in [0.2, 0.25) is 10.0 Å². The fourth-order valence-electron chi connectivity index (χ4n) is 2.23. The molecule has 0 heterocycles. The highest BCUT2D eigenvalue weighted by molar-refractivity contribution is 6.33. The van der Waals surface area contributed by atoms with E-state index in [0.29, 0.717) is 5.92 Å². The third-order valence-electron chi connectivity index (χ3n) is 3.12. The van der Waals surface area contributed by atoms with Crippen molar-refractivity contribution in [1.82, 2.24) is 0 Å². The van der Waals surface area contributed by atoms with E-state index in [1.165, 1.54) is 12.0 Å². The molecule has 0 spiro atoms. The molecule has 0 radical (unpaired) electrons. The van der Waals surface area contributed by atoms with Crippen molar-refractivity contribution in [1.29, 1.82) is 0 Å². The lowest BCUT2D eigenvalue weighted by molar-refractivity contribution is 0.647. The molecule has 0 aromatic heterocycles. The molecule has 0 atom stereocenters. The summed E-state index contributed by atoms with van der Waals surface area (Å²) in [6.07, 6.45) is 2.18. The topological polar surface area (TPSA) is 0 Å². The first-order valence-electron chi connectivity index (χ1n) is 8.86. The lowest BCUT2D eigenvalue weighted by atomic mass is 10.0. The fourth-order valence-corrected chi connectivity index (χ4v) is 2.61. The van der Waals surface area contributed by atoms with Crippen LogP contribution in [0.3, 0.4) is 0 Å². The second kappa shape index (κ2) is 13.3. The zero-order chi connectivity index (χ0) is 18.5. The second-order valence-corrected chi connectivity index (χ2v) is 7.26. The van der Waals surface area contributed by atoms with Crippen LogP contribution in [-0.4, -0.2) is 0 Å². The fraction of sp³-hybridized carbons (Fsp3) is 0.455. The molecule has 0 aliphatic carbocycles. The van der Waals surface area contributed by atoms with Crippen molar-refractivity contribution in [2.75, 3.05) is 0 Å². The Hall–Kier alpha value is -0.980. The van der Waals surface area contributed by atoms with Gasteiger partial charge in [-0.1, -0.05) is 95.1 Å². The van der Waals surface area contributed by atoms with Gasteiger partial charge in [-0.25, -0.2) is 0 Å². The average molecular weight is 367 g/mol. The number of rotatable bonds is 4. The third-order valence-corrected chi connectivity index (χ3v) is 3.73. The Kier molecular flexibility index (Phi) is 12.8. The van der Waals surface area contributed by atoms with Crippen molar-refractivity contribution in [2.45, 2.75) is 54.4 Å². The summed E-state index contributed by atoms with van der Waals surface area (Å²) in [7, 11) is 0. The zero-order valence-corrected chi connectivity index (χ0v) is 17.5. The summed E-state index contributed by atoms with van der Waals surface area (Å²) in [5.74, 6) is 1.38. The lowest BCUT2D eigenvalue weighted by Crippen LogP contribution is -1.94. The molecule has 0 aliphatic rings.